The number of imidazole rings is 1. The zero-order chi connectivity index (χ0) is 21.4. The van der Waals surface area contributed by atoms with E-state index in [0.29, 0.717) is 38.7 Å². The number of aryl methyl sites for hydroxylation is 1. The fourth-order valence-corrected chi connectivity index (χ4v) is 3.60. The third-order valence-electron chi connectivity index (χ3n) is 4.76. The first-order valence-corrected chi connectivity index (χ1v) is 9.30. The van der Waals surface area contributed by atoms with Crippen LogP contribution in [0.2, 0.25) is 5.02 Å². The second kappa shape index (κ2) is 7.76. The Labute approximate surface area is 175 Å². The van der Waals surface area contributed by atoms with Gasteiger partial charge in [0.25, 0.3) is 0 Å². The molecule has 0 aliphatic rings. The molecule has 0 aliphatic heterocycles. The number of methoxy groups -OCH3 is 1. The van der Waals surface area contributed by atoms with Gasteiger partial charge in [-0.1, -0.05) is 17.7 Å². The number of benzene rings is 2. The Bertz CT molecular complexity index is 1310. The molecule has 0 radical (unpaired) electrons. The summed E-state index contributed by atoms with van der Waals surface area (Å²) in [5.41, 5.74) is 2.10. The van der Waals surface area contributed by atoms with Gasteiger partial charge in [0.05, 0.1) is 17.8 Å². The van der Waals surface area contributed by atoms with Crippen LogP contribution in [-0.4, -0.2) is 21.2 Å². The van der Waals surface area contributed by atoms with E-state index >= 15 is 0 Å². The molecule has 2 heterocycles. The average molecular weight is 428 g/mol. The molecule has 152 valence electrons. The number of halogens is 3. The van der Waals surface area contributed by atoms with Gasteiger partial charge in [0.1, 0.15) is 11.6 Å². The van der Waals surface area contributed by atoms with E-state index in [1.807, 2.05) is 0 Å². The molecule has 0 unspecified atom stereocenters. The molecule has 8 heteroatoms. The van der Waals surface area contributed by atoms with Crippen molar-refractivity contribution in [2.24, 2.45) is 7.05 Å². The van der Waals surface area contributed by atoms with Crippen molar-refractivity contribution in [3.05, 3.63) is 88.3 Å². The minimum Gasteiger partial charge on any atom is -0.495 e. The van der Waals surface area contributed by atoms with Gasteiger partial charge in [-0.3, -0.25) is 4.57 Å². The molecular weight excluding hydrogens is 412 g/mol. The smallest absolute Gasteiger partial charge is 0.332 e. The maximum atomic E-state index is 14.5. The highest BCUT2D eigenvalue weighted by Gasteiger charge is 2.17. The summed E-state index contributed by atoms with van der Waals surface area (Å²) in [7, 11) is 3.10. The van der Waals surface area contributed by atoms with Crippen LogP contribution in [0.25, 0.3) is 27.9 Å². The van der Waals surface area contributed by atoms with E-state index < -0.39 is 11.8 Å². The maximum Gasteiger partial charge on any atom is 0.332 e. The van der Waals surface area contributed by atoms with E-state index in [1.54, 1.807) is 43.7 Å². The Morgan fingerprint density at radius 1 is 1.00 bits per heavy atom. The van der Waals surface area contributed by atoms with Gasteiger partial charge in [-0.2, -0.15) is 4.39 Å². The summed E-state index contributed by atoms with van der Waals surface area (Å²) in [6.07, 6.45) is 4.54. The minimum atomic E-state index is -0.680. The fourth-order valence-electron chi connectivity index (χ4n) is 3.33. The molecule has 5 nitrogen and oxygen atoms in total. The first-order valence-electron chi connectivity index (χ1n) is 8.93. The van der Waals surface area contributed by atoms with Gasteiger partial charge in [0.2, 0.25) is 5.95 Å². The van der Waals surface area contributed by atoms with Gasteiger partial charge < -0.3 is 9.30 Å². The Kier molecular flexibility index (Phi) is 5.13. The predicted molar refractivity (Wildman–Crippen MR) is 111 cm³/mol. The van der Waals surface area contributed by atoms with Crippen molar-refractivity contribution < 1.29 is 13.5 Å². The molecule has 2 aromatic carbocycles. The highest BCUT2D eigenvalue weighted by atomic mass is 35.5. The monoisotopic (exact) mass is 427 g/mol. The first kappa shape index (κ1) is 19.8. The lowest BCUT2D eigenvalue weighted by Gasteiger charge is -2.15. The lowest BCUT2D eigenvalue weighted by Crippen LogP contribution is -2.20. The minimum absolute atomic E-state index is 0.241. The lowest BCUT2D eigenvalue weighted by molar-refractivity contribution is 0.417. The molecule has 4 rings (SSSR count). The Hall–Kier alpha value is -3.45. The molecule has 4 aromatic rings. The number of hydrogen-bond acceptors (Lipinski definition) is 3. The second-order valence-corrected chi connectivity index (χ2v) is 7.04. The van der Waals surface area contributed by atoms with E-state index in [1.165, 1.54) is 40.6 Å². The zero-order valence-corrected chi connectivity index (χ0v) is 16.8. The number of nitrogens with zero attached hydrogens (tertiary/aromatic N) is 3. The molecule has 0 atom stereocenters. The second-order valence-electron chi connectivity index (χ2n) is 6.63. The molecule has 0 aliphatic carbocycles. The Balaban J connectivity index is 1.88. The van der Waals surface area contributed by atoms with Crippen LogP contribution in [0.5, 0.6) is 5.75 Å². The SMILES string of the molecule is COc1c(-c2ccnc(F)c2)cc(F)cc1-c1ccc(-n2ccn(C)c2=O)c(Cl)c1. The number of ether oxygens (including phenoxy) is 1. The van der Waals surface area contributed by atoms with Crippen molar-refractivity contribution in [1.82, 2.24) is 14.1 Å². The summed E-state index contributed by atoms with van der Waals surface area (Å²) >= 11 is 6.45. The zero-order valence-electron chi connectivity index (χ0n) is 16.1. The van der Waals surface area contributed by atoms with Crippen LogP contribution < -0.4 is 10.4 Å². The quantitative estimate of drug-likeness (QED) is 0.438. The van der Waals surface area contributed by atoms with Crippen LogP contribution >= 0.6 is 11.6 Å². The molecular formula is C22H16ClF2N3O2. The molecule has 0 bridgehead atoms. The van der Waals surface area contributed by atoms with Crippen molar-refractivity contribution in [3.8, 4) is 33.7 Å². The van der Waals surface area contributed by atoms with Gasteiger partial charge in [0, 0.05) is 42.8 Å². The largest absolute Gasteiger partial charge is 0.495 e. The molecule has 30 heavy (non-hydrogen) atoms. The predicted octanol–water partition coefficient (Wildman–Crippen LogP) is 4.85. The summed E-state index contributed by atoms with van der Waals surface area (Å²) in [4.78, 5) is 15.7. The van der Waals surface area contributed by atoms with Crippen LogP contribution in [0.15, 0.2) is 65.8 Å². The Morgan fingerprint density at radius 3 is 2.27 bits per heavy atom. The van der Waals surface area contributed by atoms with E-state index in [9.17, 15) is 13.6 Å². The molecule has 0 amide bonds. The van der Waals surface area contributed by atoms with Crippen LogP contribution in [0.1, 0.15) is 0 Å². The molecule has 2 aromatic heterocycles. The molecule has 0 N–H and O–H groups in total. The average Bonchev–Trinajstić information content (AvgIpc) is 3.05. The summed E-state index contributed by atoms with van der Waals surface area (Å²) in [6, 6.07) is 10.4. The maximum absolute atomic E-state index is 14.5. The van der Waals surface area contributed by atoms with E-state index in [0.717, 1.165) is 0 Å². The highest BCUT2D eigenvalue weighted by Crippen LogP contribution is 2.41. The first-order chi connectivity index (χ1) is 14.4. The third kappa shape index (κ3) is 3.48. The summed E-state index contributed by atoms with van der Waals surface area (Å²) in [5.74, 6) is -0.832. The van der Waals surface area contributed by atoms with Gasteiger partial charge in [-0.05, 0) is 41.5 Å². The van der Waals surface area contributed by atoms with E-state index in [-0.39, 0.29) is 5.69 Å². The van der Waals surface area contributed by atoms with Crippen LogP contribution in [0.4, 0.5) is 8.78 Å². The fraction of sp³-hybridized carbons (Fsp3) is 0.0909. The normalized spacial score (nSPS) is 11.0. The van der Waals surface area contributed by atoms with Crippen molar-refractivity contribution in [1.29, 1.82) is 0 Å². The van der Waals surface area contributed by atoms with Gasteiger partial charge in [-0.15, -0.1) is 0 Å². The van der Waals surface area contributed by atoms with Crippen molar-refractivity contribution in [2.75, 3.05) is 7.11 Å². The van der Waals surface area contributed by atoms with Gasteiger partial charge in [0.15, 0.2) is 0 Å². The summed E-state index contributed by atoms with van der Waals surface area (Å²) in [6.45, 7) is 0. The van der Waals surface area contributed by atoms with Crippen LogP contribution in [0.3, 0.4) is 0 Å². The third-order valence-corrected chi connectivity index (χ3v) is 5.06. The molecule has 0 fully saturated rings. The number of pyridine rings is 1. The topological polar surface area (TPSA) is 49.0 Å². The summed E-state index contributed by atoms with van der Waals surface area (Å²) in [5, 5.41) is 0.309. The van der Waals surface area contributed by atoms with Gasteiger partial charge in [-0.25, -0.2) is 14.2 Å². The molecule has 0 spiro atoms. The Morgan fingerprint density at radius 2 is 1.70 bits per heavy atom. The summed E-state index contributed by atoms with van der Waals surface area (Å²) < 4.78 is 36.5. The van der Waals surface area contributed by atoms with E-state index in [4.69, 9.17) is 16.3 Å². The molecule has 0 saturated carbocycles. The van der Waals surface area contributed by atoms with E-state index in [2.05, 4.69) is 4.98 Å². The van der Waals surface area contributed by atoms with Crippen molar-refractivity contribution >= 4 is 11.6 Å². The van der Waals surface area contributed by atoms with Crippen LogP contribution in [-0.2, 0) is 7.05 Å². The van der Waals surface area contributed by atoms with Crippen molar-refractivity contribution in [2.45, 2.75) is 0 Å². The highest BCUT2D eigenvalue weighted by molar-refractivity contribution is 6.32. The van der Waals surface area contributed by atoms with Crippen LogP contribution in [0, 0.1) is 11.8 Å². The molecule has 0 saturated heterocycles. The number of aromatic nitrogens is 3. The standard InChI is InChI=1S/C22H16ClF2N3O2/c1-27-7-8-28(22(27)29)19-4-3-13(9-18(19)23)16-11-15(24)12-17(21(16)30-2)14-5-6-26-20(25)10-14/h3-12H,1-2H3. The van der Waals surface area contributed by atoms with Gasteiger partial charge >= 0.3 is 5.69 Å². The number of rotatable bonds is 4. The number of hydrogen-bond donors (Lipinski definition) is 0. The van der Waals surface area contributed by atoms with Crippen molar-refractivity contribution in [3.63, 3.8) is 0 Å². The lowest BCUT2D eigenvalue weighted by atomic mass is 9.97.